The second-order valence-corrected chi connectivity index (χ2v) is 8.76. The van der Waals surface area contributed by atoms with E-state index in [2.05, 4.69) is 25.4 Å². The predicted molar refractivity (Wildman–Crippen MR) is 117 cm³/mol. The molecule has 0 amide bonds. The fourth-order valence-electron chi connectivity index (χ4n) is 4.60. The minimum absolute atomic E-state index is 0.302. The number of rotatable bonds is 6. The van der Waals surface area contributed by atoms with Crippen LogP contribution >= 0.6 is 0 Å². The summed E-state index contributed by atoms with van der Waals surface area (Å²) in [5.41, 5.74) is -0.150. The van der Waals surface area contributed by atoms with E-state index < -0.39 is 11.7 Å². The highest BCUT2D eigenvalue weighted by molar-refractivity contribution is 5.79. The number of hydrogen-bond acceptors (Lipinski definition) is 3. The van der Waals surface area contributed by atoms with Gasteiger partial charge in [-0.2, -0.15) is 13.2 Å². The van der Waals surface area contributed by atoms with Gasteiger partial charge in [0.25, 0.3) is 0 Å². The second-order valence-electron chi connectivity index (χ2n) is 8.76. The number of aliphatic imine (C=N–C) groups is 1. The van der Waals surface area contributed by atoms with Crippen LogP contribution in [0.15, 0.2) is 29.3 Å². The molecule has 32 heavy (non-hydrogen) atoms. The molecule has 2 heterocycles. The summed E-state index contributed by atoms with van der Waals surface area (Å²) in [7, 11) is 0. The maximum Gasteiger partial charge on any atom is 0.416 e. The summed E-state index contributed by atoms with van der Waals surface area (Å²) in [5, 5.41) is 15.3. The molecule has 4 rings (SSSR count). The van der Waals surface area contributed by atoms with Crippen LogP contribution in [0.4, 0.5) is 13.2 Å². The molecule has 1 aliphatic carbocycles. The molecule has 0 radical (unpaired) electrons. The Morgan fingerprint density at radius 2 is 1.97 bits per heavy atom. The molecule has 2 N–H and O–H groups in total. The number of halogens is 3. The SMILES string of the molecule is CCNC(=NCc1nnc2n1CCCCC2)NCC1(c2cccc(C(F)(F)F)c2)CCC1. The molecule has 0 bridgehead atoms. The van der Waals surface area contributed by atoms with E-state index in [9.17, 15) is 13.2 Å². The molecule has 174 valence electrons. The molecule has 2 aliphatic rings. The Morgan fingerprint density at radius 1 is 1.12 bits per heavy atom. The van der Waals surface area contributed by atoms with Gasteiger partial charge >= 0.3 is 6.18 Å². The van der Waals surface area contributed by atoms with Crippen LogP contribution in [0.25, 0.3) is 0 Å². The number of aromatic nitrogens is 3. The molecule has 1 saturated carbocycles. The molecule has 0 spiro atoms. The van der Waals surface area contributed by atoms with E-state index in [1.165, 1.54) is 18.6 Å². The second kappa shape index (κ2) is 9.50. The first-order valence-corrected chi connectivity index (χ1v) is 11.5. The first kappa shape index (κ1) is 22.6. The van der Waals surface area contributed by atoms with Gasteiger partial charge in [0.2, 0.25) is 0 Å². The van der Waals surface area contributed by atoms with E-state index in [0.717, 1.165) is 68.3 Å². The number of nitrogens with zero attached hydrogens (tertiary/aromatic N) is 4. The van der Waals surface area contributed by atoms with Crippen LogP contribution in [0.5, 0.6) is 0 Å². The standard InChI is InChI=1S/C23H31F3N6/c1-2-27-21(28-15-20-31-30-19-10-4-3-5-13-32(19)20)29-16-22(11-7-12-22)17-8-6-9-18(14-17)23(24,25)26/h6,8-9,14H,2-5,7,10-13,15-16H2,1H3,(H2,27,28,29). The summed E-state index contributed by atoms with van der Waals surface area (Å²) in [6.45, 7) is 4.57. The molecule has 1 aromatic heterocycles. The van der Waals surface area contributed by atoms with Crippen molar-refractivity contribution in [2.24, 2.45) is 4.99 Å². The Kier molecular flexibility index (Phi) is 6.71. The Bertz CT molecular complexity index is 945. The topological polar surface area (TPSA) is 67.1 Å². The maximum atomic E-state index is 13.2. The first-order chi connectivity index (χ1) is 15.4. The number of nitrogens with one attached hydrogen (secondary N) is 2. The third kappa shape index (κ3) is 4.91. The zero-order chi connectivity index (χ0) is 22.6. The number of benzene rings is 1. The molecular weight excluding hydrogens is 417 g/mol. The molecule has 2 aromatic rings. The van der Waals surface area contributed by atoms with Crippen molar-refractivity contribution in [3.8, 4) is 0 Å². The van der Waals surface area contributed by atoms with E-state index in [4.69, 9.17) is 4.99 Å². The van der Waals surface area contributed by atoms with E-state index >= 15 is 0 Å². The van der Waals surface area contributed by atoms with Crippen LogP contribution < -0.4 is 10.6 Å². The summed E-state index contributed by atoms with van der Waals surface area (Å²) in [6.07, 6.45) is 2.82. The van der Waals surface area contributed by atoms with Crippen LogP contribution in [0.3, 0.4) is 0 Å². The van der Waals surface area contributed by atoms with Crippen LogP contribution in [0.1, 0.15) is 68.2 Å². The number of hydrogen-bond donors (Lipinski definition) is 2. The lowest BCUT2D eigenvalue weighted by atomic mass is 9.64. The van der Waals surface area contributed by atoms with E-state index in [1.54, 1.807) is 0 Å². The van der Waals surface area contributed by atoms with Gasteiger partial charge in [-0.25, -0.2) is 4.99 Å². The van der Waals surface area contributed by atoms with Crippen molar-refractivity contribution in [2.75, 3.05) is 13.1 Å². The van der Waals surface area contributed by atoms with Gasteiger partial charge in [0.1, 0.15) is 12.4 Å². The zero-order valence-electron chi connectivity index (χ0n) is 18.5. The monoisotopic (exact) mass is 448 g/mol. The number of alkyl halides is 3. The average Bonchev–Trinajstić information content (AvgIpc) is 2.96. The molecular formula is C23H31F3N6. The molecule has 0 atom stereocenters. The highest BCUT2D eigenvalue weighted by Crippen LogP contribution is 2.44. The fraction of sp³-hybridized carbons (Fsp3) is 0.609. The molecule has 1 fully saturated rings. The van der Waals surface area contributed by atoms with Gasteiger partial charge in [-0.1, -0.05) is 31.0 Å². The smallest absolute Gasteiger partial charge is 0.357 e. The Morgan fingerprint density at radius 3 is 2.69 bits per heavy atom. The summed E-state index contributed by atoms with van der Waals surface area (Å²) in [5.74, 6) is 2.54. The summed E-state index contributed by atoms with van der Waals surface area (Å²) in [4.78, 5) is 4.70. The van der Waals surface area contributed by atoms with Crippen molar-refractivity contribution in [1.82, 2.24) is 25.4 Å². The van der Waals surface area contributed by atoms with Gasteiger partial charge in [0.05, 0.1) is 5.56 Å². The van der Waals surface area contributed by atoms with Crippen molar-refractivity contribution in [2.45, 2.75) is 76.6 Å². The Balaban J connectivity index is 1.47. The molecule has 9 heteroatoms. The van der Waals surface area contributed by atoms with E-state index in [-0.39, 0.29) is 5.41 Å². The maximum absolute atomic E-state index is 13.2. The number of fused-ring (bicyclic) bond motifs is 1. The minimum atomic E-state index is -4.33. The predicted octanol–water partition coefficient (Wildman–Crippen LogP) is 4.20. The van der Waals surface area contributed by atoms with Crippen LogP contribution in [0.2, 0.25) is 0 Å². The van der Waals surface area contributed by atoms with Gasteiger partial charge in [0.15, 0.2) is 11.8 Å². The van der Waals surface area contributed by atoms with Gasteiger partial charge in [-0.15, -0.1) is 10.2 Å². The molecule has 0 saturated heterocycles. The third-order valence-electron chi connectivity index (χ3n) is 6.62. The lowest BCUT2D eigenvalue weighted by molar-refractivity contribution is -0.137. The van der Waals surface area contributed by atoms with Crippen LogP contribution in [0, 0.1) is 0 Å². The summed E-state index contributed by atoms with van der Waals surface area (Å²) < 4.78 is 41.8. The molecule has 6 nitrogen and oxygen atoms in total. The van der Waals surface area contributed by atoms with Gasteiger partial charge in [-0.3, -0.25) is 0 Å². The number of guanidine groups is 1. The molecule has 0 unspecified atom stereocenters. The van der Waals surface area contributed by atoms with Crippen molar-refractivity contribution in [1.29, 1.82) is 0 Å². The normalized spacial score (nSPS) is 18.4. The molecule has 1 aromatic carbocycles. The molecule has 1 aliphatic heterocycles. The lowest BCUT2D eigenvalue weighted by Gasteiger charge is -2.43. The van der Waals surface area contributed by atoms with Crippen molar-refractivity contribution in [3.63, 3.8) is 0 Å². The summed E-state index contributed by atoms with van der Waals surface area (Å²) >= 11 is 0. The minimum Gasteiger partial charge on any atom is -0.357 e. The Hall–Kier alpha value is -2.58. The zero-order valence-corrected chi connectivity index (χ0v) is 18.5. The summed E-state index contributed by atoms with van der Waals surface area (Å²) in [6, 6.07) is 5.76. The van der Waals surface area contributed by atoms with Crippen molar-refractivity contribution >= 4 is 5.96 Å². The quantitative estimate of drug-likeness (QED) is 0.514. The van der Waals surface area contributed by atoms with Crippen LogP contribution in [-0.2, 0) is 31.1 Å². The van der Waals surface area contributed by atoms with Crippen LogP contribution in [-0.4, -0.2) is 33.8 Å². The highest BCUT2D eigenvalue weighted by atomic mass is 19.4. The van der Waals surface area contributed by atoms with Gasteiger partial charge < -0.3 is 15.2 Å². The van der Waals surface area contributed by atoms with E-state index in [1.807, 2.05) is 13.0 Å². The largest absolute Gasteiger partial charge is 0.416 e. The van der Waals surface area contributed by atoms with Gasteiger partial charge in [0, 0.05) is 31.5 Å². The Labute approximate surface area is 186 Å². The lowest BCUT2D eigenvalue weighted by Crippen LogP contribution is -2.49. The highest BCUT2D eigenvalue weighted by Gasteiger charge is 2.40. The van der Waals surface area contributed by atoms with Crippen molar-refractivity contribution in [3.05, 3.63) is 47.0 Å². The van der Waals surface area contributed by atoms with Gasteiger partial charge in [-0.05, 0) is 44.2 Å². The average molecular weight is 449 g/mol. The van der Waals surface area contributed by atoms with Crippen molar-refractivity contribution < 1.29 is 13.2 Å². The first-order valence-electron chi connectivity index (χ1n) is 11.5. The fourth-order valence-corrected chi connectivity index (χ4v) is 4.60. The van der Waals surface area contributed by atoms with E-state index in [0.29, 0.717) is 25.6 Å². The third-order valence-corrected chi connectivity index (χ3v) is 6.62. The number of aryl methyl sites for hydroxylation is 1.